The topological polar surface area (TPSA) is 54.9 Å². The van der Waals surface area contributed by atoms with Gasteiger partial charge in [-0.25, -0.2) is 4.98 Å². The van der Waals surface area contributed by atoms with Crippen LogP contribution in [0, 0.1) is 0 Å². The van der Waals surface area contributed by atoms with Crippen molar-refractivity contribution in [1.29, 1.82) is 0 Å². The molecule has 7 aromatic carbocycles. The fraction of sp³-hybridized carbons (Fsp3) is 0. The van der Waals surface area contributed by atoms with Crippen molar-refractivity contribution in [2.45, 2.75) is 0 Å². The molecule has 51 heavy (non-hydrogen) atoms. The third kappa shape index (κ3) is 3.14. The molecule has 0 fully saturated rings. The van der Waals surface area contributed by atoms with E-state index in [-0.39, 0.29) is 6.71 Å². The SMILES string of the molecule is c1ccc(-n2c3ccccc3n3c4ccc5c6ccccc6n(-c6cc7c8c(c6)Oc6cccc9c6B8c6c(cccc6O7)O9)c5c4nc23)cc1. The van der Waals surface area contributed by atoms with Crippen molar-refractivity contribution >= 4 is 72.8 Å². The van der Waals surface area contributed by atoms with E-state index in [0.29, 0.717) is 0 Å². The lowest BCUT2D eigenvalue weighted by Gasteiger charge is -2.37. The molecule has 3 aromatic heterocycles. The predicted octanol–water partition coefficient (Wildman–Crippen LogP) is 8.36. The van der Waals surface area contributed by atoms with Crippen LogP contribution >= 0.6 is 0 Å². The summed E-state index contributed by atoms with van der Waals surface area (Å²) >= 11 is 0. The molecule has 0 aliphatic carbocycles. The molecule has 3 aliphatic rings. The summed E-state index contributed by atoms with van der Waals surface area (Å²) in [4.78, 5) is 5.50. The van der Waals surface area contributed by atoms with Crippen molar-refractivity contribution in [3.63, 3.8) is 0 Å². The van der Waals surface area contributed by atoms with Crippen molar-refractivity contribution in [2.24, 2.45) is 0 Å². The summed E-state index contributed by atoms with van der Waals surface area (Å²) in [6, 6.07) is 48.5. The number of ether oxygens (including phenoxy) is 3. The van der Waals surface area contributed by atoms with Crippen LogP contribution in [0.2, 0.25) is 0 Å². The normalized spacial score (nSPS) is 13.5. The minimum atomic E-state index is -0.0392. The van der Waals surface area contributed by atoms with Gasteiger partial charge in [-0.3, -0.25) is 8.97 Å². The van der Waals surface area contributed by atoms with Crippen LogP contribution in [0.4, 0.5) is 0 Å². The molecule has 10 aromatic rings. The van der Waals surface area contributed by atoms with Crippen molar-refractivity contribution in [3.05, 3.63) is 140 Å². The Bertz CT molecular complexity index is 3120. The number of rotatable bonds is 2. The Kier molecular flexibility index (Phi) is 4.59. The highest BCUT2D eigenvalue weighted by molar-refractivity contribution is 6.99. The predicted molar refractivity (Wildman–Crippen MR) is 202 cm³/mol. The van der Waals surface area contributed by atoms with E-state index in [1.165, 1.54) is 0 Å². The Labute approximate surface area is 290 Å². The van der Waals surface area contributed by atoms with Crippen LogP contribution in [0.15, 0.2) is 140 Å². The van der Waals surface area contributed by atoms with Gasteiger partial charge >= 0.3 is 0 Å². The average Bonchev–Trinajstić information content (AvgIpc) is 3.82. The lowest BCUT2D eigenvalue weighted by Crippen LogP contribution is -2.59. The highest BCUT2D eigenvalue weighted by Gasteiger charge is 2.46. The van der Waals surface area contributed by atoms with Crippen LogP contribution in [0.3, 0.4) is 0 Å². The molecular weight excluding hydrogens is 631 g/mol. The lowest BCUT2D eigenvalue weighted by molar-refractivity contribution is 0.442. The molecular formula is C43H23BN4O3. The molecule has 8 heteroatoms. The second-order valence-corrected chi connectivity index (χ2v) is 13.5. The van der Waals surface area contributed by atoms with Gasteiger partial charge in [0.25, 0.3) is 6.71 Å². The molecule has 0 radical (unpaired) electrons. The fourth-order valence-electron chi connectivity index (χ4n) is 8.95. The minimum Gasteiger partial charge on any atom is -0.458 e. The maximum absolute atomic E-state index is 6.75. The van der Waals surface area contributed by atoms with Crippen molar-refractivity contribution < 1.29 is 14.2 Å². The van der Waals surface area contributed by atoms with Gasteiger partial charge in [-0.1, -0.05) is 60.7 Å². The number of para-hydroxylation sites is 4. The van der Waals surface area contributed by atoms with Crippen LogP contribution in [-0.2, 0) is 0 Å². The Balaban J connectivity index is 1.14. The number of aromatic nitrogens is 4. The van der Waals surface area contributed by atoms with Gasteiger partial charge in [-0.15, -0.1) is 0 Å². The summed E-state index contributed by atoms with van der Waals surface area (Å²) in [5.41, 5.74) is 11.5. The Hall–Kier alpha value is -6.93. The van der Waals surface area contributed by atoms with E-state index in [4.69, 9.17) is 19.2 Å². The first kappa shape index (κ1) is 26.0. The molecule has 236 valence electrons. The van der Waals surface area contributed by atoms with E-state index in [0.717, 1.165) is 112 Å². The Morgan fingerprint density at radius 3 is 1.73 bits per heavy atom. The number of fused-ring (bicyclic) bond motifs is 9. The molecule has 0 bridgehead atoms. The second kappa shape index (κ2) is 8.99. The molecule has 7 nitrogen and oxygen atoms in total. The number of benzene rings is 7. The molecule has 3 aliphatic heterocycles. The third-order valence-electron chi connectivity index (χ3n) is 10.9. The number of hydrogen-bond donors (Lipinski definition) is 0. The maximum Gasteiger partial charge on any atom is 0.270 e. The van der Waals surface area contributed by atoms with E-state index in [2.05, 4.69) is 111 Å². The summed E-state index contributed by atoms with van der Waals surface area (Å²) < 4.78 is 26.8. The zero-order valence-corrected chi connectivity index (χ0v) is 26.9. The van der Waals surface area contributed by atoms with Gasteiger partial charge in [0.2, 0.25) is 5.78 Å². The third-order valence-corrected chi connectivity index (χ3v) is 10.9. The van der Waals surface area contributed by atoms with Gasteiger partial charge < -0.3 is 18.8 Å². The molecule has 0 amide bonds. The molecule has 6 heterocycles. The van der Waals surface area contributed by atoms with E-state index in [9.17, 15) is 0 Å². The van der Waals surface area contributed by atoms with Gasteiger partial charge in [0.05, 0.1) is 33.3 Å². The second-order valence-electron chi connectivity index (χ2n) is 13.5. The van der Waals surface area contributed by atoms with Crippen LogP contribution in [0.1, 0.15) is 0 Å². The highest BCUT2D eigenvalue weighted by Crippen LogP contribution is 2.44. The number of hydrogen-bond acceptors (Lipinski definition) is 4. The summed E-state index contributed by atoms with van der Waals surface area (Å²) in [6.45, 7) is -0.0392. The smallest absolute Gasteiger partial charge is 0.270 e. The number of imidazole rings is 2. The molecule has 0 spiro atoms. The molecule has 0 atom stereocenters. The zero-order valence-electron chi connectivity index (χ0n) is 26.9. The van der Waals surface area contributed by atoms with Crippen LogP contribution in [0.5, 0.6) is 34.5 Å². The number of nitrogens with zero attached hydrogens (tertiary/aromatic N) is 4. The van der Waals surface area contributed by atoms with E-state index < -0.39 is 0 Å². The summed E-state index contributed by atoms with van der Waals surface area (Å²) in [5, 5.41) is 2.29. The van der Waals surface area contributed by atoms with Crippen molar-refractivity contribution in [3.8, 4) is 45.9 Å². The van der Waals surface area contributed by atoms with Crippen LogP contribution in [-0.4, -0.2) is 25.2 Å². The van der Waals surface area contributed by atoms with Gasteiger partial charge in [-0.2, -0.15) is 0 Å². The first-order valence-electron chi connectivity index (χ1n) is 17.2. The van der Waals surface area contributed by atoms with Gasteiger partial charge in [0.1, 0.15) is 40.0 Å². The van der Waals surface area contributed by atoms with E-state index >= 15 is 0 Å². The molecule has 0 saturated heterocycles. The first-order valence-corrected chi connectivity index (χ1v) is 17.2. The lowest BCUT2D eigenvalue weighted by atomic mass is 9.34. The first-order chi connectivity index (χ1) is 25.3. The average molecular weight is 654 g/mol. The van der Waals surface area contributed by atoms with Gasteiger partial charge in [-0.05, 0) is 66.7 Å². The Morgan fingerprint density at radius 2 is 1.02 bits per heavy atom. The summed E-state index contributed by atoms with van der Waals surface area (Å²) in [6.07, 6.45) is 0. The monoisotopic (exact) mass is 654 g/mol. The zero-order chi connectivity index (χ0) is 32.9. The fourth-order valence-corrected chi connectivity index (χ4v) is 8.95. The highest BCUT2D eigenvalue weighted by atomic mass is 16.5. The van der Waals surface area contributed by atoms with Crippen LogP contribution < -0.4 is 30.6 Å². The summed E-state index contributed by atoms with van der Waals surface area (Å²) in [5.74, 6) is 5.72. The van der Waals surface area contributed by atoms with Gasteiger partial charge in [0.15, 0.2) is 0 Å². The van der Waals surface area contributed by atoms with Crippen molar-refractivity contribution in [2.75, 3.05) is 0 Å². The van der Waals surface area contributed by atoms with E-state index in [1.807, 2.05) is 42.5 Å². The largest absolute Gasteiger partial charge is 0.458 e. The standard InChI is InChI=1S/C43H23BN4O3/c1-2-10-24(11-3-1)47-29-14-6-7-15-30(29)48-31-21-20-27-26-12-4-5-13-28(26)46(42(27)41(31)45-43(47)48)25-22-36-40-37(23-25)51-35-19-9-17-33-39(35)44(40)38-32(49-33)16-8-18-34(38)50-36/h1-23H. The maximum atomic E-state index is 6.75. The molecule has 13 rings (SSSR count). The van der Waals surface area contributed by atoms with Crippen molar-refractivity contribution in [1.82, 2.24) is 18.5 Å². The van der Waals surface area contributed by atoms with Crippen LogP contribution in [0.25, 0.3) is 61.0 Å². The van der Waals surface area contributed by atoms with E-state index in [1.54, 1.807) is 0 Å². The minimum absolute atomic E-state index is 0.0392. The summed E-state index contributed by atoms with van der Waals surface area (Å²) in [7, 11) is 0. The van der Waals surface area contributed by atoms with Gasteiger partial charge in [0, 0.05) is 45.0 Å². The Morgan fingerprint density at radius 1 is 0.431 bits per heavy atom. The molecule has 0 unspecified atom stereocenters. The quantitative estimate of drug-likeness (QED) is 0.176. The molecule has 0 N–H and O–H groups in total. The molecule has 0 saturated carbocycles.